The Morgan fingerprint density at radius 3 is 1.58 bits per heavy atom. The van der Waals surface area contributed by atoms with Crippen LogP contribution in [0.2, 0.25) is 0 Å². The van der Waals surface area contributed by atoms with Gasteiger partial charge in [0, 0.05) is 27.8 Å². The molecule has 3 aliphatic rings. The molecule has 1 N–H and O–H groups in total. The summed E-state index contributed by atoms with van der Waals surface area (Å²) in [6, 6.07) is 54.5. The Bertz CT molecular complexity index is 2700. The Balaban J connectivity index is 1.00. The number of allylic oxidation sites excluding steroid dienone is 4. The summed E-state index contributed by atoms with van der Waals surface area (Å²) in [5.41, 5.74) is 21.0. The number of hydrogen-bond donors (Lipinski definition) is 1. The van der Waals surface area contributed by atoms with Gasteiger partial charge in [-0.2, -0.15) is 0 Å². The third-order valence-electron chi connectivity index (χ3n) is 12.4. The van der Waals surface area contributed by atoms with Crippen LogP contribution in [0.5, 0.6) is 0 Å². The highest BCUT2D eigenvalue weighted by atomic mass is 14.9. The van der Waals surface area contributed by atoms with Crippen LogP contribution < -0.4 is 5.32 Å². The van der Waals surface area contributed by atoms with Crippen LogP contribution in [-0.4, -0.2) is 0 Å². The van der Waals surface area contributed by atoms with Gasteiger partial charge in [-0.3, -0.25) is 0 Å². The minimum absolute atomic E-state index is 0.0237. The molecule has 0 aliphatic heterocycles. The lowest BCUT2D eigenvalue weighted by molar-refractivity contribution is 0.660. The fourth-order valence-electron chi connectivity index (χ4n) is 9.55. The third kappa shape index (κ3) is 4.91. The zero-order valence-electron chi connectivity index (χ0n) is 30.9. The maximum Gasteiger partial charge on any atom is 0.0388 e. The molecule has 0 aromatic heterocycles. The van der Waals surface area contributed by atoms with Gasteiger partial charge in [-0.15, -0.1) is 0 Å². The Morgan fingerprint density at radius 1 is 0.434 bits per heavy atom. The molecule has 7 aromatic rings. The fourth-order valence-corrected chi connectivity index (χ4v) is 9.55. The first-order chi connectivity index (χ1) is 25.8. The molecule has 0 spiro atoms. The number of hydrogen-bond acceptors (Lipinski definition) is 1. The molecule has 0 saturated heterocycles. The fraction of sp³-hybridized carbons (Fsp3) is 0.154. The van der Waals surface area contributed by atoms with Gasteiger partial charge >= 0.3 is 0 Å². The van der Waals surface area contributed by atoms with Gasteiger partial charge in [0.2, 0.25) is 0 Å². The minimum Gasteiger partial charge on any atom is -0.358 e. The number of rotatable bonds is 5. The molecule has 0 amide bonds. The molecule has 0 fully saturated rings. The van der Waals surface area contributed by atoms with Crippen LogP contribution in [0.4, 0.5) is 5.69 Å². The Hall–Kier alpha value is -5.92. The molecule has 0 atom stereocenters. The van der Waals surface area contributed by atoms with Gasteiger partial charge < -0.3 is 5.32 Å². The lowest BCUT2D eigenvalue weighted by atomic mass is 9.81. The molecule has 53 heavy (non-hydrogen) atoms. The number of fused-ring (bicyclic) bond motifs is 7. The van der Waals surface area contributed by atoms with Crippen molar-refractivity contribution in [2.45, 2.75) is 51.4 Å². The molecule has 1 heteroatoms. The van der Waals surface area contributed by atoms with Gasteiger partial charge in [-0.1, -0.05) is 161 Å². The summed E-state index contributed by atoms with van der Waals surface area (Å²) in [4.78, 5) is 0. The third-order valence-corrected chi connectivity index (χ3v) is 12.4. The normalized spacial score (nSPS) is 15.9. The number of benzene rings is 7. The standard InChI is InChI=1S/C52H43N/c1-51(2)46-21-10-7-19-42(46)44-26-24-34(31-48(44)51)38-29-28-37(40-17-5-6-18-41(38)40)33-14-13-15-36(30-33)53-50-23-12-9-16-39(50)35-25-27-45-43-20-8-11-22-47(43)52(3,4)49(45)32-35/h5-11,13-22,24-32,53H,12,23H2,1-4H3. The highest BCUT2D eigenvalue weighted by molar-refractivity contribution is 6.05. The summed E-state index contributed by atoms with van der Waals surface area (Å²) in [6.07, 6.45) is 6.65. The zero-order chi connectivity index (χ0) is 35.9. The molecule has 0 heterocycles. The highest BCUT2D eigenvalue weighted by Gasteiger charge is 2.36. The zero-order valence-corrected chi connectivity index (χ0v) is 30.9. The number of nitrogens with one attached hydrogen (secondary N) is 1. The van der Waals surface area contributed by atoms with Gasteiger partial charge in [0.05, 0.1) is 0 Å². The maximum absolute atomic E-state index is 3.90. The van der Waals surface area contributed by atoms with E-state index in [4.69, 9.17) is 0 Å². The van der Waals surface area contributed by atoms with E-state index < -0.39 is 0 Å². The monoisotopic (exact) mass is 681 g/mol. The van der Waals surface area contributed by atoms with E-state index in [1.165, 1.54) is 94.4 Å². The van der Waals surface area contributed by atoms with Gasteiger partial charge in [-0.25, -0.2) is 0 Å². The van der Waals surface area contributed by atoms with E-state index >= 15 is 0 Å². The summed E-state index contributed by atoms with van der Waals surface area (Å²) in [7, 11) is 0. The molecular weight excluding hydrogens is 639 g/mol. The highest BCUT2D eigenvalue weighted by Crippen LogP contribution is 2.51. The molecule has 1 nitrogen and oxygen atoms in total. The van der Waals surface area contributed by atoms with Crippen molar-refractivity contribution in [3.63, 3.8) is 0 Å². The van der Waals surface area contributed by atoms with E-state index in [-0.39, 0.29) is 10.8 Å². The maximum atomic E-state index is 3.90. The van der Waals surface area contributed by atoms with Crippen molar-refractivity contribution < 1.29 is 0 Å². The largest absolute Gasteiger partial charge is 0.358 e. The quantitative estimate of drug-likeness (QED) is 0.191. The first kappa shape index (κ1) is 31.8. The molecule has 7 aromatic carbocycles. The van der Waals surface area contributed by atoms with E-state index in [1.807, 2.05) is 0 Å². The van der Waals surface area contributed by atoms with Gasteiger partial charge in [0.15, 0.2) is 0 Å². The molecule has 10 rings (SSSR count). The second-order valence-corrected chi connectivity index (χ2v) is 16.1. The van der Waals surface area contributed by atoms with Crippen molar-refractivity contribution in [1.29, 1.82) is 0 Å². The van der Waals surface area contributed by atoms with Crippen molar-refractivity contribution in [1.82, 2.24) is 0 Å². The van der Waals surface area contributed by atoms with Gasteiger partial charge in [0.1, 0.15) is 0 Å². The molecule has 256 valence electrons. The van der Waals surface area contributed by atoms with Crippen molar-refractivity contribution >= 4 is 22.0 Å². The van der Waals surface area contributed by atoms with Crippen molar-refractivity contribution in [2.75, 3.05) is 5.32 Å². The topological polar surface area (TPSA) is 12.0 Å². The van der Waals surface area contributed by atoms with E-state index in [0.29, 0.717) is 0 Å². The Morgan fingerprint density at radius 2 is 0.943 bits per heavy atom. The molecule has 0 saturated carbocycles. The first-order valence-electron chi connectivity index (χ1n) is 19.1. The van der Waals surface area contributed by atoms with Crippen LogP contribution in [-0.2, 0) is 10.8 Å². The van der Waals surface area contributed by atoms with Crippen LogP contribution in [0.15, 0.2) is 163 Å². The molecule has 0 bridgehead atoms. The summed E-state index contributed by atoms with van der Waals surface area (Å²) in [6.45, 7) is 9.44. The average molecular weight is 682 g/mol. The summed E-state index contributed by atoms with van der Waals surface area (Å²) in [5, 5.41) is 6.45. The molecule has 0 unspecified atom stereocenters. The van der Waals surface area contributed by atoms with Crippen LogP contribution >= 0.6 is 0 Å². The second kappa shape index (κ2) is 11.8. The number of anilines is 1. The van der Waals surface area contributed by atoms with Crippen LogP contribution in [0.1, 0.15) is 68.4 Å². The summed E-state index contributed by atoms with van der Waals surface area (Å²) in [5.74, 6) is 0. The molecule has 0 radical (unpaired) electrons. The average Bonchev–Trinajstić information content (AvgIpc) is 3.57. The van der Waals surface area contributed by atoms with E-state index in [9.17, 15) is 0 Å². The lowest BCUT2D eigenvalue weighted by Crippen LogP contribution is -2.15. The first-order valence-corrected chi connectivity index (χ1v) is 19.1. The van der Waals surface area contributed by atoms with Crippen LogP contribution in [0, 0.1) is 0 Å². The molecular formula is C52H43N. The Labute approximate surface area is 313 Å². The minimum atomic E-state index is -0.0302. The van der Waals surface area contributed by atoms with E-state index in [0.717, 1.165) is 18.5 Å². The van der Waals surface area contributed by atoms with Crippen molar-refractivity contribution in [2.24, 2.45) is 0 Å². The predicted octanol–water partition coefficient (Wildman–Crippen LogP) is 14.0. The lowest BCUT2D eigenvalue weighted by Gasteiger charge is -2.23. The van der Waals surface area contributed by atoms with Gasteiger partial charge in [0.25, 0.3) is 0 Å². The van der Waals surface area contributed by atoms with Crippen molar-refractivity contribution in [3.8, 4) is 44.5 Å². The molecule has 3 aliphatic carbocycles. The van der Waals surface area contributed by atoms with Crippen LogP contribution in [0.3, 0.4) is 0 Å². The van der Waals surface area contributed by atoms with E-state index in [2.05, 4.69) is 191 Å². The van der Waals surface area contributed by atoms with E-state index in [1.54, 1.807) is 0 Å². The smallest absolute Gasteiger partial charge is 0.0388 e. The summed E-state index contributed by atoms with van der Waals surface area (Å²) >= 11 is 0. The van der Waals surface area contributed by atoms with Crippen LogP contribution in [0.25, 0.3) is 60.9 Å². The summed E-state index contributed by atoms with van der Waals surface area (Å²) < 4.78 is 0. The second-order valence-electron chi connectivity index (χ2n) is 16.1. The Kier molecular flexibility index (Phi) is 7.08. The predicted molar refractivity (Wildman–Crippen MR) is 225 cm³/mol. The van der Waals surface area contributed by atoms with Crippen molar-refractivity contribution in [3.05, 3.63) is 191 Å². The van der Waals surface area contributed by atoms with Gasteiger partial charge in [-0.05, 0) is 120 Å². The SMILES string of the molecule is CC1(C)c2ccccc2-c2ccc(C3=C(Nc4cccc(-c5ccc(-c6ccc7c(c6)C(C)(C)c6ccccc6-7)c6ccccc56)c4)CCC=C3)cc21.